The Bertz CT molecular complexity index is 431. The van der Waals surface area contributed by atoms with Crippen LogP contribution in [0.1, 0.15) is 17.3 Å². The summed E-state index contributed by atoms with van der Waals surface area (Å²) >= 11 is 2.96. The van der Waals surface area contributed by atoms with Crippen molar-refractivity contribution in [2.45, 2.75) is 13.0 Å². The topological polar surface area (TPSA) is 72.5 Å². The lowest BCUT2D eigenvalue weighted by Crippen LogP contribution is -2.20. The quantitative estimate of drug-likeness (QED) is 0.841. The summed E-state index contributed by atoms with van der Waals surface area (Å²) in [4.78, 5) is 10.7. The van der Waals surface area contributed by atoms with E-state index in [0.717, 1.165) is 6.07 Å². The fraction of sp³-hybridized carbons (Fsp3) is 0.222. The van der Waals surface area contributed by atoms with E-state index in [1.165, 1.54) is 6.07 Å². The van der Waals surface area contributed by atoms with Gasteiger partial charge in [-0.15, -0.1) is 0 Å². The first kappa shape index (κ1) is 12.7. The van der Waals surface area contributed by atoms with Gasteiger partial charge in [0.2, 0.25) is 0 Å². The van der Waals surface area contributed by atoms with Crippen molar-refractivity contribution in [1.82, 2.24) is 0 Å². The van der Waals surface area contributed by atoms with E-state index in [9.17, 15) is 13.6 Å². The van der Waals surface area contributed by atoms with Gasteiger partial charge in [0.05, 0.1) is 11.3 Å². The predicted molar refractivity (Wildman–Crippen MR) is 56.8 cm³/mol. The summed E-state index contributed by atoms with van der Waals surface area (Å²) in [5.41, 5.74) is 5.19. The maximum Gasteiger partial charge on any atom is 0.394 e. The fourth-order valence-corrected chi connectivity index (χ4v) is 1.44. The molecule has 0 atom stereocenters. The molecule has 0 aliphatic carbocycles. The Morgan fingerprint density at radius 2 is 2.12 bits per heavy atom. The molecule has 0 heterocycles. The van der Waals surface area contributed by atoms with Crippen LogP contribution in [-0.4, -0.2) is 17.2 Å². The number of ether oxygens (including phenoxy) is 1. The van der Waals surface area contributed by atoms with Gasteiger partial charge in [-0.3, -0.25) is 0 Å². The molecule has 16 heavy (non-hydrogen) atoms. The van der Waals surface area contributed by atoms with Gasteiger partial charge in [0.15, 0.2) is 5.75 Å². The number of carboxylic acids is 1. The third kappa shape index (κ3) is 3.06. The highest BCUT2D eigenvalue weighted by Crippen LogP contribution is 2.34. The zero-order valence-corrected chi connectivity index (χ0v) is 9.72. The molecule has 0 fully saturated rings. The second-order valence-electron chi connectivity index (χ2n) is 3.08. The lowest BCUT2D eigenvalue weighted by Gasteiger charge is -2.15. The molecule has 3 N–H and O–H groups in total. The summed E-state index contributed by atoms with van der Waals surface area (Å²) in [6.45, 7) is 0.536. The number of nitrogen functional groups attached to an aromatic ring is 1. The minimum Gasteiger partial charge on any atom is -0.478 e. The number of halogens is 3. The molecule has 0 aliphatic rings. The average Bonchev–Trinajstić information content (AvgIpc) is 2.10. The van der Waals surface area contributed by atoms with Crippen LogP contribution in [-0.2, 0) is 0 Å². The van der Waals surface area contributed by atoms with Gasteiger partial charge in [-0.2, -0.15) is 8.78 Å². The standard InChI is InChI=1S/C9H8BrF2NO3/c1-9(11,12)16-6-3-4(8(14)15)2-5(10)7(6)13/h2-3H,13H2,1H3,(H,14,15). The number of rotatable bonds is 3. The van der Waals surface area contributed by atoms with Crippen LogP contribution in [0.25, 0.3) is 0 Å². The third-order valence-electron chi connectivity index (χ3n) is 1.63. The molecule has 0 saturated heterocycles. The molecular weight excluding hydrogens is 288 g/mol. The summed E-state index contributed by atoms with van der Waals surface area (Å²) in [5.74, 6) is -1.63. The summed E-state index contributed by atoms with van der Waals surface area (Å²) < 4.78 is 29.7. The van der Waals surface area contributed by atoms with Crippen LogP contribution in [0.15, 0.2) is 16.6 Å². The number of benzene rings is 1. The Kier molecular flexibility index (Phi) is 3.37. The van der Waals surface area contributed by atoms with E-state index in [4.69, 9.17) is 10.8 Å². The van der Waals surface area contributed by atoms with Gasteiger partial charge in [-0.1, -0.05) is 0 Å². The second kappa shape index (κ2) is 4.25. The Morgan fingerprint density at radius 3 is 2.56 bits per heavy atom. The fourth-order valence-electron chi connectivity index (χ4n) is 0.994. The van der Waals surface area contributed by atoms with Crippen LogP contribution < -0.4 is 10.5 Å². The van der Waals surface area contributed by atoms with E-state index < -0.39 is 12.1 Å². The maximum atomic E-state index is 12.6. The van der Waals surface area contributed by atoms with Crippen LogP contribution in [0.2, 0.25) is 0 Å². The Labute approximate surface area is 98.1 Å². The number of anilines is 1. The number of carboxylic acid groups (broad SMARTS) is 1. The maximum absolute atomic E-state index is 12.6. The average molecular weight is 296 g/mol. The van der Waals surface area contributed by atoms with Gasteiger partial charge < -0.3 is 15.6 Å². The number of nitrogens with two attached hydrogens (primary N) is 1. The highest BCUT2D eigenvalue weighted by Gasteiger charge is 2.25. The molecule has 0 unspecified atom stereocenters. The molecule has 0 radical (unpaired) electrons. The van der Waals surface area contributed by atoms with Crippen LogP contribution in [0, 0.1) is 0 Å². The minimum absolute atomic E-state index is 0.0773. The molecule has 1 aromatic rings. The first-order chi connectivity index (χ1) is 7.20. The summed E-state index contributed by atoms with van der Waals surface area (Å²) in [6, 6.07) is 2.15. The van der Waals surface area contributed by atoms with Gasteiger partial charge in [-0.25, -0.2) is 4.79 Å². The number of hydrogen-bond donors (Lipinski definition) is 2. The molecule has 1 aromatic carbocycles. The van der Waals surface area contributed by atoms with Crippen molar-refractivity contribution in [2.24, 2.45) is 0 Å². The van der Waals surface area contributed by atoms with Crippen molar-refractivity contribution in [1.29, 1.82) is 0 Å². The zero-order valence-electron chi connectivity index (χ0n) is 8.13. The van der Waals surface area contributed by atoms with E-state index in [0.29, 0.717) is 6.92 Å². The van der Waals surface area contributed by atoms with Gasteiger partial charge in [0.1, 0.15) is 0 Å². The highest BCUT2D eigenvalue weighted by molar-refractivity contribution is 9.10. The largest absolute Gasteiger partial charge is 0.478 e. The van der Waals surface area contributed by atoms with Crippen LogP contribution >= 0.6 is 15.9 Å². The molecule has 7 heteroatoms. The van der Waals surface area contributed by atoms with Crippen molar-refractivity contribution in [2.75, 3.05) is 5.73 Å². The number of alkyl halides is 2. The molecule has 0 bridgehead atoms. The van der Waals surface area contributed by atoms with Gasteiger partial charge in [-0.05, 0) is 28.1 Å². The van der Waals surface area contributed by atoms with Gasteiger partial charge in [0.25, 0.3) is 0 Å². The first-order valence-electron chi connectivity index (χ1n) is 4.10. The lowest BCUT2D eigenvalue weighted by atomic mass is 10.2. The van der Waals surface area contributed by atoms with Crippen molar-refractivity contribution < 1.29 is 23.4 Å². The first-order valence-corrected chi connectivity index (χ1v) is 4.89. The monoisotopic (exact) mass is 295 g/mol. The molecule has 4 nitrogen and oxygen atoms in total. The number of aromatic carboxylic acids is 1. The number of carbonyl (C=O) groups is 1. The molecule has 0 spiro atoms. The Morgan fingerprint density at radius 1 is 1.56 bits per heavy atom. The molecule has 0 amide bonds. The Balaban J connectivity index is 3.22. The summed E-state index contributed by atoms with van der Waals surface area (Å²) in [6.07, 6.45) is -3.43. The smallest absolute Gasteiger partial charge is 0.394 e. The second-order valence-corrected chi connectivity index (χ2v) is 3.94. The Hall–Kier alpha value is -1.37. The minimum atomic E-state index is -3.43. The van der Waals surface area contributed by atoms with Crippen molar-refractivity contribution in [3.63, 3.8) is 0 Å². The molecular formula is C9H8BrF2NO3. The molecule has 0 aromatic heterocycles. The van der Waals surface area contributed by atoms with Crippen LogP contribution in [0.3, 0.4) is 0 Å². The van der Waals surface area contributed by atoms with Crippen LogP contribution in [0.5, 0.6) is 5.75 Å². The lowest BCUT2D eigenvalue weighted by molar-refractivity contribution is -0.158. The van der Waals surface area contributed by atoms with Gasteiger partial charge in [0, 0.05) is 11.4 Å². The van der Waals surface area contributed by atoms with E-state index in [-0.39, 0.29) is 21.5 Å². The predicted octanol–water partition coefficient (Wildman–Crippen LogP) is 2.72. The normalized spacial score (nSPS) is 11.2. The molecule has 0 aliphatic heterocycles. The summed E-state index contributed by atoms with van der Waals surface area (Å²) in [5, 5.41) is 8.72. The van der Waals surface area contributed by atoms with E-state index in [1.54, 1.807) is 0 Å². The van der Waals surface area contributed by atoms with E-state index in [2.05, 4.69) is 20.7 Å². The third-order valence-corrected chi connectivity index (χ3v) is 2.28. The van der Waals surface area contributed by atoms with Crippen molar-refractivity contribution in [3.8, 4) is 5.75 Å². The highest BCUT2D eigenvalue weighted by atomic mass is 79.9. The van der Waals surface area contributed by atoms with Crippen molar-refractivity contribution in [3.05, 3.63) is 22.2 Å². The van der Waals surface area contributed by atoms with Crippen molar-refractivity contribution >= 4 is 27.6 Å². The number of hydrogen-bond acceptors (Lipinski definition) is 3. The van der Waals surface area contributed by atoms with Gasteiger partial charge >= 0.3 is 12.1 Å². The molecule has 0 saturated carbocycles. The summed E-state index contributed by atoms with van der Waals surface area (Å²) in [7, 11) is 0. The molecule has 88 valence electrons. The zero-order chi connectivity index (χ0) is 12.5. The SMILES string of the molecule is CC(F)(F)Oc1cc(C(=O)O)cc(Br)c1N. The van der Waals surface area contributed by atoms with Crippen LogP contribution in [0.4, 0.5) is 14.5 Å². The van der Waals surface area contributed by atoms with E-state index >= 15 is 0 Å². The molecule has 1 rings (SSSR count). The van der Waals surface area contributed by atoms with E-state index in [1.807, 2.05) is 0 Å².